The van der Waals surface area contributed by atoms with Gasteiger partial charge in [-0.2, -0.15) is 0 Å². The smallest absolute Gasteiger partial charge is 0.149 e. The second-order valence-electron chi connectivity index (χ2n) is 5.82. The number of anilines is 1. The second-order valence-corrected chi connectivity index (χ2v) is 5.82. The van der Waals surface area contributed by atoms with Gasteiger partial charge < -0.3 is 10.8 Å². The molecule has 1 aliphatic carbocycles. The zero-order valence-corrected chi connectivity index (χ0v) is 12.4. The topological polar surface area (TPSA) is 84.9 Å². The number of pyridine rings is 1. The number of benzene rings is 1. The van der Waals surface area contributed by atoms with E-state index in [1.54, 1.807) is 12.1 Å². The third-order valence-corrected chi connectivity index (χ3v) is 4.36. The molecule has 114 valence electrons. The first-order chi connectivity index (χ1) is 11.2. The van der Waals surface area contributed by atoms with Gasteiger partial charge in [0, 0.05) is 23.5 Å². The summed E-state index contributed by atoms with van der Waals surface area (Å²) < 4.78 is 0. The minimum atomic E-state index is 0.194. The number of nitrogens with zero attached hydrogens (tertiary/aromatic N) is 3. The van der Waals surface area contributed by atoms with Gasteiger partial charge in [0.25, 0.3) is 0 Å². The van der Waals surface area contributed by atoms with E-state index in [-0.39, 0.29) is 5.75 Å². The first kappa shape index (κ1) is 13.7. The van der Waals surface area contributed by atoms with E-state index in [4.69, 9.17) is 5.73 Å². The van der Waals surface area contributed by atoms with E-state index in [9.17, 15) is 5.11 Å². The largest absolute Gasteiger partial charge is 0.507 e. The van der Waals surface area contributed by atoms with Gasteiger partial charge in [-0.05, 0) is 54.2 Å². The van der Waals surface area contributed by atoms with Crippen LogP contribution in [0, 0.1) is 0 Å². The van der Waals surface area contributed by atoms with Crippen molar-refractivity contribution < 1.29 is 5.11 Å². The molecule has 1 fully saturated rings. The Labute approximate surface area is 133 Å². The number of aromatic nitrogens is 3. The van der Waals surface area contributed by atoms with Crippen LogP contribution in [0.4, 0.5) is 5.82 Å². The highest BCUT2D eigenvalue weighted by Gasteiger charge is 2.41. The van der Waals surface area contributed by atoms with Gasteiger partial charge in [-0.1, -0.05) is 12.1 Å². The van der Waals surface area contributed by atoms with Crippen LogP contribution in [0.5, 0.6) is 5.75 Å². The van der Waals surface area contributed by atoms with Crippen molar-refractivity contribution in [3.63, 3.8) is 0 Å². The summed E-state index contributed by atoms with van der Waals surface area (Å²) in [5, 5.41) is 18.2. The molecule has 1 aliphatic rings. The van der Waals surface area contributed by atoms with Crippen LogP contribution in [0.2, 0.25) is 0 Å². The number of phenolic OH excluding ortho intramolecular Hbond substituents is 1. The van der Waals surface area contributed by atoms with E-state index >= 15 is 0 Å². The minimum absolute atomic E-state index is 0.194. The number of nitrogen functional groups attached to an aromatic ring is 1. The van der Waals surface area contributed by atoms with Crippen LogP contribution in [-0.2, 0) is 0 Å². The summed E-state index contributed by atoms with van der Waals surface area (Å²) in [6.07, 6.45) is 4.67. The summed E-state index contributed by atoms with van der Waals surface area (Å²) in [5.41, 5.74) is 9.62. The van der Waals surface area contributed by atoms with E-state index in [1.165, 1.54) is 5.56 Å². The van der Waals surface area contributed by atoms with Crippen LogP contribution in [0.25, 0.3) is 11.3 Å². The molecule has 2 atom stereocenters. The lowest BCUT2D eigenvalue weighted by atomic mass is 10.0. The first-order valence-corrected chi connectivity index (χ1v) is 7.55. The summed E-state index contributed by atoms with van der Waals surface area (Å²) in [4.78, 5) is 4.06. The molecule has 0 aliphatic heterocycles. The van der Waals surface area contributed by atoms with Crippen LogP contribution >= 0.6 is 0 Å². The summed E-state index contributed by atoms with van der Waals surface area (Å²) in [6.45, 7) is 0. The quantitative estimate of drug-likeness (QED) is 0.776. The molecule has 0 spiro atoms. The average Bonchev–Trinajstić information content (AvgIpc) is 3.37. The lowest BCUT2D eigenvalue weighted by Crippen LogP contribution is -2.01. The van der Waals surface area contributed by atoms with Gasteiger partial charge in [0.2, 0.25) is 0 Å². The minimum Gasteiger partial charge on any atom is -0.507 e. The molecule has 5 heteroatoms. The maximum absolute atomic E-state index is 10.0. The highest BCUT2D eigenvalue weighted by atomic mass is 16.3. The molecule has 4 rings (SSSR count). The molecule has 3 aromatic rings. The zero-order valence-electron chi connectivity index (χ0n) is 12.4. The van der Waals surface area contributed by atoms with Crippen LogP contribution < -0.4 is 5.73 Å². The number of phenols is 1. The summed E-state index contributed by atoms with van der Waals surface area (Å²) >= 11 is 0. The predicted octanol–water partition coefficient (Wildman–Crippen LogP) is 3.10. The molecule has 1 aromatic carbocycles. The maximum Gasteiger partial charge on any atom is 0.149 e. The van der Waals surface area contributed by atoms with Crippen molar-refractivity contribution in [1.82, 2.24) is 15.2 Å². The first-order valence-electron chi connectivity index (χ1n) is 7.55. The highest BCUT2D eigenvalue weighted by Crippen LogP contribution is 2.55. The van der Waals surface area contributed by atoms with Crippen molar-refractivity contribution in [3.05, 3.63) is 66.0 Å². The Morgan fingerprint density at radius 1 is 1.00 bits per heavy atom. The second kappa shape index (κ2) is 5.35. The molecule has 1 saturated carbocycles. The van der Waals surface area contributed by atoms with Crippen molar-refractivity contribution in [3.8, 4) is 17.0 Å². The van der Waals surface area contributed by atoms with Crippen molar-refractivity contribution >= 4 is 5.82 Å². The summed E-state index contributed by atoms with van der Waals surface area (Å²) in [6, 6.07) is 13.1. The molecule has 2 heterocycles. The van der Waals surface area contributed by atoms with Crippen molar-refractivity contribution in [2.24, 2.45) is 0 Å². The Morgan fingerprint density at radius 3 is 2.57 bits per heavy atom. The highest BCUT2D eigenvalue weighted by molar-refractivity contribution is 5.68. The van der Waals surface area contributed by atoms with Gasteiger partial charge in [0.15, 0.2) is 0 Å². The third kappa shape index (κ3) is 2.50. The van der Waals surface area contributed by atoms with Crippen LogP contribution in [0.3, 0.4) is 0 Å². The zero-order chi connectivity index (χ0) is 15.8. The number of rotatable bonds is 3. The Kier molecular flexibility index (Phi) is 3.19. The van der Waals surface area contributed by atoms with E-state index in [0.29, 0.717) is 28.9 Å². The Balaban J connectivity index is 1.68. The Morgan fingerprint density at radius 2 is 1.78 bits per heavy atom. The Bertz CT molecular complexity index is 851. The number of hydrogen-bond donors (Lipinski definition) is 2. The summed E-state index contributed by atoms with van der Waals surface area (Å²) in [5.74, 6) is 1.45. The third-order valence-electron chi connectivity index (χ3n) is 4.36. The lowest BCUT2D eigenvalue weighted by molar-refractivity contribution is 0.477. The molecule has 0 radical (unpaired) electrons. The van der Waals surface area contributed by atoms with Crippen molar-refractivity contribution in [1.29, 1.82) is 0 Å². The van der Waals surface area contributed by atoms with E-state index in [2.05, 4.69) is 15.2 Å². The fourth-order valence-electron chi connectivity index (χ4n) is 3.05. The lowest BCUT2D eigenvalue weighted by Gasteiger charge is -2.08. The standard InChI is InChI=1S/C18H16N4O/c19-18-15(14-9-13(14)11-5-7-20-8-6-11)10-16(21-22-18)12-3-1-2-4-17(12)23/h1-8,10,13-14,23H,9H2,(H2,19,22)/t13-,14+/m0/s1. The fourth-order valence-corrected chi connectivity index (χ4v) is 3.05. The molecule has 3 N–H and O–H groups in total. The van der Waals surface area contributed by atoms with Gasteiger partial charge in [-0.3, -0.25) is 4.98 Å². The number of para-hydroxylation sites is 1. The molecule has 0 bridgehead atoms. The number of aromatic hydroxyl groups is 1. The molecule has 0 saturated heterocycles. The summed E-state index contributed by atoms with van der Waals surface area (Å²) in [7, 11) is 0. The van der Waals surface area contributed by atoms with Gasteiger partial charge >= 0.3 is 0 Å². The van der Waals surface area contributed by atoms with E-state index < -0.39 is 0 Å². The monoisotopic (exact) mass is 304 g/mol. The van der Waals surface area contributed by atoms with E-state index in [0.717, 1.165) is 12.0 Å². The van der Waals surface area contributed by atoms with Crippen LogP contribution in [-0.4, -0.2) is 20.3 Å². The fraction of sp³-hybridized carbons (Fsp3) is 0.167. The molecular weight excluding hydrogens is 288 g/mol. The molecule has 0 unspecified atom stereocenters. The normalized spacial score (nSPS) is 19.5. The molecular formula is C18H16N4O. The number of nitrogens with two attached hydrogens (primary N) is 1. The maximum atomic E-state index is 10.0. The predicted molar refractivity (Wildman–Crippen MR) is 87.9 cm³/mol. The Hall–Kier alpha value is -2.95. The van der Waals surface area contributed by atoms with Gasteiger partial charge in [-0.25, -0.2) is 0 Å². The van der Waals surface area contributed by atoms with Gasteiger partial charge in [-0.15, -0.1) is 10.2 Å². The van der Waals surface area contributed by atoms with Crippen LogP contribution in [0.1, 0.15) is 29.4 Å². The molecule has 0 amide bonds. The van der Waals surface area contributed by atoms with Crippen molar-refractivity contribution in [2.45, 2.75) is 18.3 Å². The van der Waals surface area contributed by atoms with Crippen LogP contribution in [0.15, 0.2) is 54.9 Å². The van der Waals surface area contributed by atoms with Gasteiger partial charge in [0.1, 0.15) is 11.6 Å². The average molecular weight is 304 g/mol. The van der Waals surface area contributed by atoms with E-state index in [1.807, 2.05) is 42.7 Å². The SMILES string of the molecule is Nc1nnc(-c2ccccc2O)cc1[C@@H]1C[C@H]1c1ccncc1. The van der Waals surface area contributed by atoms with Crippen molar-refractivity contribution in [2.75, 3.05) is 5.73 Å². The molecule has 2 aromatic heterocycles. The molecule has 5 nitrogen and oxygen atoms in total. The number of hydrogen-bond acceptors (Lipinski definition) is 5. The van der Waals surface area contributed by atoms with Gasteiger partial charge in [0.05, 0.1) is 5.69 Å². The molecule has 23 heavy (non-hydrogen) atoms.